The zero-order chi connectivity index (χ0) is 25.1. The number of hydrogen-bond donors (Lipinski definition) is 2. The van der Waals surface area contributed by atoms with E-state index < -0.39 is 10.8 Å². The Balaban J connectivity index is 1.19. The maximum atomic E-state index is 12.7. The molecule has 1 aliphatic rings. The highest BCUT2D eigenvalue weighted by atomic mass is 32.1. The molecule has 5 rings (SSSR count). The Kier molecular flexibility index (Phi) is 6.88. The van der Waals surface area contributed by atoms with Gasteiger partial charge in [0.15, 0.2) is 5.11 Å². The van der Waals surface area contributed by atoms with E-state index in [4.69, 9.17) is 12.2 Å². The van der Waals surface area contributed by atoms with Gasteiger partial charge in [-0.2, -0.15) is 0 Å². The fourth-order valence-corrected chi connectivity index (χ4v) is 5.33. The van der Waals surface area contributed by atoms with E-state index in [1.165, 1.54) is 6.07 Å². The third kappa shape index (κ3) is 5.19. The SMILES string of the molecule is O=C(NC(=S)NCc1ccc(-c2nc3ccccc3s2)cc1)c1ccc(N2CCCC2)c([N+](=O)[O-])c1. The highest BCUT2D eigenvalue weighted by Gasteiger charge is 2.24. The van der Waals surface area contributed by atoms with Gasteiger partial charge in [-0.25, -0.2) is 4.98 Å². The molecule has 1 aliphatic heterocycles. The normalized spacial score (nSPS) is 13.1. The minimum Gasteiger partial charge on any atom is -0.366 e. The van der Waals surface area contributed by atoms with Crippen molar-refractivity contribution in [3.05, 3.63) is 88.0 Å². The van der Waals surface area contributed by atoms with Crippen molar-refractivity contribution in [2.24, 2.45) is 0 Å². The van der Waals surface area contributed by atoms with Gasteiger partial charge in [-0.15, -0.1) is 11.3 Å². The van der Waals surface area contributed by atoms with Gasteiger partial charge in [0, 0.05) is 36.8 Å². The van der Waals surface area contributed by atoms with Crippen LogP contribution in [0.25, 0.3) is 20.8 Å². The quantitative estimate of drug-likeness (QED) is 0.204. The van der Waals surface area contributed by atoms with Crippen LogP contribution in [0.2, 0.25) is 0 Å². The summed E-state index contributed by atoms with van der Waals surface area (Å²) < 4.78 is 1.15. The lowest BCUT2D eigenvalue weighted by molar-refractivity contribution is -0.384. The van der Waals surface area contributed by atoms with Crippen LogP contribution < -0.4 is 15.5 Å². The lowest BCUT2D eigenvalue weighted by atomic mass is 10.1. The van der Waals surface area contributed by atoms with Crippen molar-refractivity contribution in [3.63, 3.8) is 0 Å². The number of carbonyl (C=O) groups is 1. The molecule has 4 aromatic rings. The molecule has 0 spiro atoms. The Morgan fingerprint density at radius 2 is 1.83 bits per heavy atom. The van der Waals surface area contributed by atoms with Crippen LogP contribution in [0.3, 0.4) is 0 Å². The number of hydrogen-bond acceptors (Lipinski definition) is 7. The molecule has 1 saturated heterocycles. The standard InChI is InChI=1S/C26H23N5O3S2/c32-24(19-11-12-21(22(15-19)31(33)34)30-13-3-4-14-30)29-26(35)27-16-17-7-9-18(10-8-17)25-28-20-5-1-2-6-23(20)36-25/h1-2,5-12,15H,3-4,13-14,16H2,(H2,27,29,32,35). The molecular weight excluding hydrogens is 494 g/mol. The number of amides is 1. The van der Waals surface area contributed by atoms with Crippen molar-refractivity contribution in [1.29, 1.82) is 0 Å². The number of anilines is 1. The first-order valence-electron chi connectivity index (χ1n) is 11.6. The fourth-order valence-electron chi connectivity index (χ4n) is 4.20. The summed E-state index contributed by atoms with van der Waals surface area (Å²) >= 11 is 6.92. The largest absolute Gasteiger partial charge is 0.366 e. The molecule has 1 amide bonds. The summed E-state index contributed by atoms with van der Waals surface area (Å²) in [6.07, 6.45) is 2.01. The molecule has 2 N–H and O–H groups in total. The van der Waals surface area contributed by atoms with Crippen molar-refractivity contribution >= 4 is 56.2 Å². The van der Waals surface area contributed by atoms with E-state index in [0.29, 0.717) is 12.2 Å². The highest BCUT2D eigenvalue weighted by Crippen LogP contribution is 2.32. The van der Waals surface area contributed by atoms with Gasteiger partial charge < -0.3 is 10.2 Å². The van der Waals surface area contributed by atoms with E-state index in [-0.39, 0.29) is 16.4 Å². The van der Waals surface area contributed by atoms with Crippen LogP contribution in [0.15, 0.2) is 66.7 Å². The number of rotatable bonds is 6. The smallest absolute Gasteiger partial charge is 0.293 e. The van der Waals surface area contributed by atoms with Crippen molar-refractivity contribution in [2.45, 2.75) is 19.4 Å². The van der Waals surface area contributed by atoms with E-state index in [1.807, 2.05) is 47.4 Å². The van der Waals surface area contributed by atoms with Gasteiger partial charge in [0.1, 0.15) is 10.7 Å². The lowest BCUT2D eigenvalue weighted by Crippen LogP contribution is -2.38. The average Bonchev–Trinajstić information content (AvgIpc) is 3.58. The molecule has 1 fully saturated rings. The zero-order valence-corrected chi connectivity index (χ0v) is 20.9. The van der Waals surface area contributed by atoms with Gasteiger partial charge in [0.2, 0.25) is 0 Å². The van der Waals surface area contributed by atoms with Crippen LogP contribution in [0.1, 0.15) is 28.8 Å². The van der Waals surface area contributed by atoms with Gasteiger partial charge >= 0.3 is 0 Å². The molecule has 182 valence electrons. The van der Waals surface area contributed by atoms with E-state index >= 15 is 0 Å². The van der Waals surface area contributed by atoms with Gasteiger partial charge in [-0.3, -0.25) is 20.2 Å². The summed E-state index contributed by atoms with van der Waals surface area (Å²) in [4.78, 5) is 30.5. The second kappa shape index (κ2) is 10.4. The van der Waals surface area contributed by atoms with E-state index in [9.17, 15) is 14.9 Å². The second-order valence-corrected chi connectivity index (χ2v) is 9.91. The summed E-state index contributed by atoms with van der Waals surface area (Å²) in [5, 5.41) is 18.3. The first-order valence-corrected chi connectivity index (χ1v) is 12.8. The molecule has 0 aliphatic carbocycles. The molecule has 2 heterocycles. The molecule has 3 aromatic carbocycles. The van der Waals surface area contributed by atoms with Crippen LogP contribution in [0.5, 0.6) is 0 Å². The molecule has 0 atom stereocenters. The summed E-state index contributed by atoms with van der Waals surface area (Å²) in [5.74, 6) is -0.491. The maximum absolute atomic E-state index is 12.7. The Labute approximate surface area is 217 Å². The Bertz CT molecular complexity index is 1410. The highest BCUT2D eigenvalue weighted by molar-refractivity contribution is 7.80. The number of nitro benzene ring substituents is 1. The fraction of sp³-hybridized carbons (Fsp3) is 0.192. The third-order valence-corrected chi connectivity index (χ3v) is 7.39. The number of thiazole rings is 1. The van der Waals surface area contributed by atoms with Gasteiger partial charge in [0.25, 0.3) is 11.6 Å². The van der Waals surface area contributed by atoms with E-state index in [0.717, 1.165) is 52.3 Å². The molecule has 8 nitrogen and oxygen atoms in total. The van der Waals surface area contributed by atoms with Crippen molar-refractivity contribution in [3.8, 4) is 10.6 Å². The second-order valence-electron chi connectivity index (χ2n) is 8.48. The zero-order valence-electron chi connectivity index (χ0n) is 19.3. The number of nitro groups is 1. The van der Waals surface area contributed by atoms with Crippen molar-refractivity contribution < 1.29 is 9.72 Å². The van der Waals surface area contributed by atoms with Crippen LogP contribution >= 0.6 is 23.6 Å². The molecule has 1 aromatic heterocycles. The first kappa shape index (κ1) is 23.8. The van der Waals surface area contributed by atoms with Crippen LogP contribution in [0, 0.1) is 10.1 Å². The predicted octanol–water partition coefficient (Wildman–Crippen LogP) is 5.28. The minimum absolute atomic E-state index is 0.0726. The molecule has 0 unspecified atom stereocenters. The van der Waals surface area contributed by atoms with Crippen molar-refractivity contribution in [2.75, 3.05) is 18.0 Å². The number of nitrogens with one attached hydrogen (secondary N) is 2. The molecule has 0 bridgehead atoms. The number of carbonyl (C=O) groups excluding carboxylic acids is 1. The number of para-hydroxylation sites is 1. The molecular formula is C26H23N5O3S2. The van der Waals surface area contributed by atoms with Gasteiger partial charge in [0.05, 0.1) is 15.1 Å². The Morgan fingerprint density at radius 1 is 1.08 bits per heavy atom. The number of aromatic nitrogens is 1. The topological polar surface area (TPSA) is 100 Å². The number of nitrogens with zero attached hydrogens (tertiary/aromatic N) is 3. The molecule has 0 saturated carbocycles. The predicted molar refractivity (Wildman–Crippen MR) is 147 cm³/mol. The van der Waals surface area contributed by atoms with Crippen LogP contribution in [0.4, 0.5) is 11.4 Å². The summed E-state index contributed by atoms with van der Waals surface area (Å²) in [5.41, 5.74) is 3.67. The first-order chi connectivity index (χ1) is 17.5. The van der Waals surface area contributed by atoms with Crippen LogP contribution in [-0.4, -0.2) is 34.0 Å². The van der Waals surface area contributed by atoms with Crippen LogP contribution in [-0.2, 0) is 6.54 Å². The molecule has 36 heavy (non-hydrogen) atoms. The monoisotopic (exact) mass is 517 g/mol. The summed E-state index contributed by atoms with van der Waals surface area (Å²) in [7, 11) is 0. The number of fused-ring (bicyclic) bond motifs is 1. The average molecular weight is 518 g/mol. The summed E-state index contributed by atoms with van der Waals surface area (Å²) in [6.45, 7) is 1.98. The Hall–Kier alpha value is -3.89. The number of thiocarbonyl (C=S) groups is 1. The molecule has 10 heteroatoms. The van der Waals surface area contributed by atoms with Crippen molar-refractivity contribution in [1.82, 2.24) is 15.6 Å². The maximum Gasteiger partial charge on any atom is 0.293 e. The summed E-state index contributed by atoms with van der Waals surface area (Å²) in [6, 6.07) is 20.6. The van der Waals surface area contributed by atoms with E-state index in [2.05, 4.69) is 21.7 Å². The minimum atomic E-state index is -0.491. The van der Waals surface area contributed by atoms with Gasteiger partial charge in [-0.1, -0.05) is 36.4 Å². The number of benzene rings is 3. The lowest BCUT2D eigenvalue weighted by Gasteiger charge is -2.18. The molecule has 0 radical (unpaired) electrons. The van der Waals surface area contributed by atoms with Gasteiger partial charge in [-0.05, 0) is 54.9 Å². The van der Waals surface area contributed by atoms with E-state index in [1.54, 1.807) is 23.5 Å². The third-order valence-electron chi connectivity index (χ3n) is 6.06. The Morgan fingerprint density at radius 3 is 2.56 bits per heavy atom.